The maximum absolute atomic E-state index is 11.8. The van der Waals surface area contributed by atoms with Crippen LogP contribution in [-0.2, 0) is 15.8 Å². The second kappa shape index (κ2) is 14.3. The van der Waals surface area contributed by atoms with Crippen LogP contribution in [-0.4, -0.2) is 39.2 Å². The van der Waals surface area contributed by atoms with E-state index < -0.39 is 10.0 Å². The highest BCUT2D eigenvalue weighted by Crippen LogP contribution is 2.04. The number of rotatable bonds is 13. The Balaban J connectivity index is 0.00000576. The molecule has 0 fully saturated rings. The molecule has 146 valence electrons. The summed E-state index contributed by atoms with van der Waals surface area (Å²) in [5.41, 5.74) is 6.11. The minimum atomic E-state index is -3.43. The molecule has 0 atom stereocenters. The molecule has 0 unspecified atom stereocenters. The molecule has 0 radical (unpaired) electrons. The third-order valence-electron chi connectivity index (χ3n) is 3.38. The molecule has 4 N–H and O–H groups in total. The molecule has 1 aromatic heterocycles. The maximum atomic E-state index is 11.8. The Hall–Kier alpha value is -0.880. The summed E-state index contributed by atoms with van der Waals surface area (Å²) in [6, 6.07) is 1.52. The van der Waals surface area contributed by atoms with Gasteiger partial charge < -0.3 is 15.6 Å². The summed E-state index contributed by atoms with van der Waals surface area (Å²) in [5, 5.41) is 6.47. The molecule has 10 heteroatoms. The molecule has 0 spiro atoms. The molecular weight excluding hydrogens is 457 g/mol. The number of aromatic nitrogens is 1. The predicted molar refractivity (Wildman–Crippen MR) is 110 cm³/mol. The highest BCUT2D eigenvalue weighted by Gasteiger charge is 2.12. The molecule has 1 rings (SSSR count). The smallest absolute Gasteiger partial charge is 0.217 e. The summed E-state index contributed by atoms with van der Waals surface area (Å²) < 4.78 is 30.6. The Bertz CT molecular complexity index is 564. The van der Waals surface area contributed by atoms with Gasteiger partial charge in [-0.1, -0.05) is 44.2 Å². The highest BCUT2D eigenvalue weighted by molar-refractivity contribution is 14.0. The van der Waals surface area contributed by atoms with E-state index in [2.05, 4.69) is 31.6 Å². The molecule has 1 aromatic rings. The van der Waals surface area contributed by atoms with E-state index in [4.69, 9.17) is 5.73 Å². The standard InChI is InChI=1S/C15H29N5O3S.HI/c1-2-3-4-5-6-7-9-17-15(16)18-10-11-19-24(21,22)13-14-8-12-23-20-14;/h8,12,19H,2-7,9-11,13H2,1H3,(H3,16,17,18);1H. The zero-order valence-electron chi connectivity index (χ0n) is 14.7. The number of nitrogens with one attached hydrogen (secondary N) is 2. The lowest BCUT2D eigenvalue weighted by Gasteiger charge is -2.07. The van der Waals surface area contributed by atoms with E-state index in [1.165, 1.54) is 44.4 Å². The number of nitrogens with two attached hydrogens (primary N) is 1. The number of unbranched alkanes of at least 4 members (excludes halogenated alkanes) is 5. The first-order chi connectivity index (χ1) is 11.5. The summed E-state index contributed by atoms with van der Waals surface area (Å²) in [6.07, 6.45) is 8.59. The van der Waals surface area contributed by atoms with Crippen LogP contribution in [0.4, 0.5) is 0 Å². The molecule has 0 aromatic carbocycles. The topological polar surface area (TPSA) is 123 Å². The zero-order valence-corrected chi connectivity index (χ0v) is 17.9. The van der Waals surface area contributed by atoms with Crippen LogP contribution in [0.1, 0.15) is 51.1 Å². The fraction of sp³-hybridized carbons (Fsp3) is 0.733. The van der Waals surface area contributed by atoms with Crippen LogP contribution in [0.3, 0.4) is 0 Å². The Kier molecular flexibility index (Phi) is 13.8. The van der Waals surface area contributed by atoms with Crippen molar-refractivity contribution in [3.05, 3.63) is 18.0 Å². The van der Waals surface area contributed by atoms with Crippen molar-refractivity contribution in [1.29, 1.82) is 0 Å². The van der Waals surface area contributed by atoms with Crippen molar-refractivity contribution in [3.8, 4) is 0 Å². The average Bonchev–Trinajstić information content (AvgIpc) is 3.03. The van der Waals surface area contributed by atoms with Gasteiger partial charge in [-0.05, 0) is 6.42 Å². The van der Waals surface area contributed by atoms with Crippen molar-refractivity contribution in [1.82, 2.24) is 15.2 Å². The van der Waals surface area contributed by atoms with Gasteiger partial charge in [0.15, 0.2) is 5.96 Å². The second-order valence-corrected chi connectivity index (χ2v) is 7.41. The van der Waals surface area contributed by atoms with E-state index in [0.717, 1.165) is 6.42 Å². The third kappa shape index (κ3) is 13.0. The average molecular weight is 487 g/mol. The summed E-state index contributed by atoms with van der Waals surface area (Å²) in [7, 11) is -3.43. The van der Waals surface area contributed by atoms with Crippen molar-refractivity contribution < 1.29 is 12.9 Å². The molecular formula is C15H30IN5O3S. The molecule has 0 amide bonds. The lowest BCUT2D eigenvalue weighted by atomic mass is 10.1. The molecule has 0 aliphatic heterocycles. The van der Waals surface area contributed by atoms with Crippen LogP contribution in [0.15, 0.2) is 21.8 Å². The van der Waals surface area contributed by atoms with Crippen LogP contribution >= 0.6 is 24.0 Å². The molecule has 1 heterocycles. The van der Waals surface area contributed by atoms with Gasteiger partial charge in [0.25, 0.3) is 0 Å². The quantitative estimate of drug-likeness (QED) is 0.169. The highest BCUT2D eigenvalue weighted by atomic mass is 127. The van der Waals surface area contributed by atoms with Crippen molar-refractivity contribution in [2.75, 3.05) is 19.6 Å². The lowest BCUT2D eigenvalue weighted by Crippen LogP contribution is -2.38. The molecule has 0 aliphatic rings. The van der Waals surface area contributed by atoms with E-state index in [0.29, 0.717) is 24.7 Å². The lowest BCUT2D eigenvalue weighted by molar-refractivity contribution is 0.413. The number of aliphatic imine (C=N–C) groups is 1. The van der Waals surface area contributed by atoms with E-state index in [9.17, 15) is 8.42 Å². The van der Waals surface area contributed by atoms with E-state index in [1.54, 1.807) is 0 Å². The van der Waals surface area contributed by atoms with Gasteiger partial charge in [-0.3, -0.25) is 4.99 Å². The van der Waals surface area contributed by atoms with E-state index in [1.807, 2.05) is 0 Å². The largest absolute Gasteiger partial charge is 0.370 e. The minimum Gasteiger partial charge on any atom is -0.370 e. The zero-order chi connectivity index (χ0) is 17.7. The van der Waals surface area contributed by atoms with Gasteiger partial charge in [0, 0.05) is 25.7 Å². The van der Waals surface area contributed by atoms with Crippen LogP contribution in [0, 0.1) is 0 Å². The van der Waals surface area contributed by atoms with Gasteiger partial charge >= 0.3 is 0 Å². The Morgan fingerprint density at radius 1 is 1.24 bits per heavy atom. The summed E-state index contributed by atoms with van der Waals surface area (Å²) >= 11 is 0. The van der Waals surface area contributed by atoms with Crippen molar-refractivity contribution in [2.24, 2.45) is 10.7 Å². The van der Waals surface area contributed by atoms with Gasteiger partial charge in [0.2, 0.25) is 10.0 Å². The monoisotopic (exact) mass is 487 g/mol. The maximum Gasteiger partial charge on any atom is 0.217 e. The van der Waals surface area contributed by atoms with E-state index in [-0.39, 0.29) is 36.3 Å². The van der Waals surface area contributed by atoms with E-state index >= 15 is 0 Å². The van der Waals surface area contributed by atoms with Crippen molar-refractivity contribution in [3.63, 3.8) is 0 Å². The van der Waals surface area contributed by atoms with Crippen LogP contribution in [0.25, 0.3) is 0 Å². The molecule has 0 bridgehead atoms. The van der Waals surface area contributed by atoms with Crippen LogP contribution in [0.5, 0.6) is 0 Å². The first-order valence-corrected chi connectivity index (χ1v) is 10.1. The molecule has 0 aliphatic carbocycles. The minimum absolute atomic E-state index is 0. The first-order valence-electron chi connectivity index (χ1n) is 8.44. The number of nitrogens with zero attached hydrogens (tertiary/aromatic N) is 2. The number of sulfonamides is 1. The predicted octanol–water partition coefficient (Wildman–Crippen LogP) is 1.98. The molecule has 0 saturated carbocycles. The van der Waals surface area contributed by atoms with Gasteiger partial charge in [0.1, 0.15) is 12.0 Å². The normalized spacial score (nSPS) is 12.0. The molecule has 8 nitrogen and oxygen atoms in total. The SMILES string of the molecule is CCCCCCCCN=C(N)NCCNS(=O)(=O)Cc1ccon1.I. The second-order valence-electron chi connectivity index (χ2n) is 5.61. The van der Waals surface area contributed by atoms with Gasteiger partial charge in [0.05, 0.1) is 5.69 Å². The molecule has 25 heavy (non-hydrogen) atoms. The number of guanidine groups is 1. The van der Waals surface area contributed by atoms with Gasteiger partial charge in [-0.2, -0.15) is 0 Å². The van der Waals surface area contributed by atoms with Crippen LogP contribution < -0.4 is 15.8 Å². The number of hydrogen-bond donors (Lipinski definition) is 3. The fourth-order valence-corrected chi connectivity index (χ4v) is 3.16. The van der Waals surface area contributed by atoms with Crippen LogP contribution in [0.2, 0.25) is 0 Å². The summed E-state index contributed by atoms with van der Waals surface area (Å²) in [4.78, 5) is 4.22. The van der Waals surface area contributed by atoms with Gasteiger partial charge in [-0.25, -0.2) is 13.1 Å². The Morgan fingerprint density at radius 3 is 2.64 bits per heavy atom. The Morgan fingerprint density at radius 2 is 1.96 bits per heavy atom. The van der Waals surface area contributed by atoms with Gasteiger partial charge in [-0.15, -0.1) is 24.0 Å². The fourth-order valence-electron chi connectivity index (χ4n) is 2.10. The number of hydrogen-bond acceptors (Lipinski definition) is 5. The summed E-state index contributed by atoms with van der Waals surface area (Å²) in [5.74, 6) is 0.143. The Labute approximate surface area is 167 Å². The van der Waals surface area contributed by atoms with Crippen molar-refractivity contribution in [2.45, 2.75) is 51.2 Å². The summed E-state index contributed by atoms with van der Waals surface area (Å²) in [6.45, 7) is 3.51. The first kappa shape index (κ1) is 24.1. The van der Waals surface area contributed by atoms with Crippen molar-refractivity contribution >= 4 is 40.0 Å². The number of halogens is 1. The third-order valence-corrected chi connectivity index (χ3v) is 4.70. The molecule has 0 saturated heterocycles.